The Balaban J connectivity index is 1.19. The van der Waals surface area contributed by atoms with Crippen molar-refractivity contribution in [3.8, 4) is 45.1 Å². The number of phenolic OH excluding ortho intramolecular Hbond substituents is 2. The number of aromatic hydroxyl groups is 2. The molecule has 464 valence electrons. The first-order valence-corrected chi connectivity index (χ1v) is 34.0. The lowest BCUT2D eigenvalue weighted by Gasteiger charge is -2.09. The van der Waals surface area contributed by atoms with Crippen LogP contribution in [-0.4, -0.2) is 59.6 Å². The van der Waals surface area contributed by atoms with E-state index in [0.717, 1.165) is 195 Å². The summed E-state index contributed by atoms with van der Waals surface area (Å²) >= 11 is 0. The lowest BCUT2D eigenvalue weighted by Crippen LogP contribution is -1.96. The zero-order valence-corrected chi connectivity index (χ0v) is 53.7. The molecule has 12 nitrogen and oxygen atoms in total. The first-order chi connectivity index (χ1) is 44.2. The Morgan fingerprint density at radius 2 is 0.656 bits per heavy atom. The lowest BCUT2D eigenvalue weighted by molar-refractivity contribution is 0.462. The van der Waals surface area contributed by atoms with E-state index in [4.69, 9.17) is 24.9 Å². The third-order valence-corrected chi connectivity index (χ3v) is 18.6. The van der Waals surface area contributed by atoms with E-state index >= 15 is 0 Å². The molecule has 0 saturated carbocycles. The Hall–Kier alpha value is -8.77. The second-order valence-electron chi connectivity index (χ2n) is 25.1. The van der Waals surface area contributed by atoms with Gasteiger partial charge in [-0.1, -0.05) is 130 Å². The number of nitrogens with zero attached hydrogens (tertiary/aromatic N) is 6. The summed E-state index contributed by atoms with van der Waals surface area (Å²) in [4.78, 5) is 43.6. The van der Waals surface area contributed by atoms with E-state index in [-0.39, 0.29) is 11.5 Å². The first kappa shape index (κ1) is 61.5. The number of benzene rings is 1. The fraction of sp³-hybridized carbons (Fsp3) is 0.372. The number of rotatable bonds is 27. The van der Waals surface area contributed by atoms with Crippen molar-refractivity contribution >= 4 is 92.7 Å². The van der Waals surface area contributed by atoms with Gasteiger partial charge in [0, 0.05) is 103 Å². The highest BCUT2D eigenvalue weighted by Crippen LogP contribution is 2.42. The van der Waals surface area contributed by atoms with E-state index in [2.05, 4.69) is 156 Å². The summed E-state index contributed by atoms with van der Waals surface area (Å²) in [6.07, 6.45) is 47.6. The maximum Gasteiger partial charge on any atom is 0.143 e. The van der Waals surface area contributed by atoms with Gasteiger partial charge in [0.25, 0.3) is 0 Å². The number of aromatic nitrogens is 10. The molecule has 4 aliphatic rings. The maximum absolute atomic E-state index is 11.6. The molecule has 16 bridgehead atoms. The SMILES string of the molecule is CCCCCCCc1c2nc(c(-c3c4nc(c(CCCCCCC)c5ccc([nH]5)c(-c5nccn5C)c5nc(c(CCCCCCC)c6ccc3[nH]6)C=C5)C=C4)c3ccc([nH]3)c(CCCCCCC)c3nc(c(-c4cc(O)ccc4O)c4ccc1[nH]4)C=C3)C=C2. The van der Waals surface area contributed by atoms with Gasteiger partial charge in [-0.2, -0.15) is 0 Å². The number of hydrogen-bond acceptors (Lipinski definition) is 7. The highest BCUT2D eigenvalue weighted by molar-refractivity contribution is 6.02. The molecule has 0 radical (unpaired) electrons. The summed E-state index contributed by atoms with van der Waals surface area (Å²) in [6, 6.07) is 22.4. The van der Waals surface area contributed by atoms with E-state index in [1.165, 1.54) is 94.2 Å². The number of phenols is 2. The van der Waals surface area contributed by atoms with Crippen LogP contribution in [-0.2, 0) is 32.7 Å². The third kappa shape index (κ3) is 13.4. The minimum absolute atomic E-state index is 0.0662. The predicted molar refractivity (Wildman–Crippen MR) is 378 cm³/mol. The van der Waals surface area contributed by atoms with Crippen LogP contribution >= 0.6 is 0 Å². The van der Waals surface area contributed by atoms with Crippen molar-refractivity contribution in [3.05, 3.63) is 147 Å². The molecule has 4 aliphatic heterocycles. The molecule has 1 aromatic carbocycles. The zero-order chi connectivity index (χ0) is 61.9. The molecule has 12 heteroatoms. The number of aryl methyl sites for hydroxylation is 5. The van der Waals surface area contributed by atoms with E-state index in [9.17, 15) is 10.2 Å². The van der Waals surface area contributed by atoms with Crippen molar-refractivity contribution in [1.82, 2.24) is 49.4 Å². The van der Waals surface area contributed by atoms with Crippen molar-refractivity contribution < 1.29 is 10.2 Å². The summed E-state index contributed by atoms with van der Waals surface area (Å²) < 4.78 is 2.09. The van der Waals surface area contributed by atoms with Gasteiger partial charge in [-0.15, -0.1) is 0 Å². The third-order valence-electron chi connectivity index (χ3n) is 18.6. The lowest BCUT2D eigenvalue weighted by atomic mass is 10.0. The van der Waals surface area contributed by atoms with Crippen LogP contribution in [0, 0.1) is 0 Å². The average Bonchev–Trinajstić information content (AvgIpc) is 1.65. The molecule has 0 amide bonds. The molecule has 0 aliphatic carbocycles. The molecular formula is C78H90N10O2. The van der Waals surface area contributed by atoms with Crippen LogP contribution in [0.4, 0.5) is 0 Å². The van der Waals surface area contributed by atoms with Gasteiger partial charge in [0.05, 0.1) is 56.6 Å². The largest absolute Gasteiger partial charge is 0.508 e. The van der Waals surface area contributed by atoms with Gasteiger partial charge < -0.3 is 34.7 Å². The zero-order valence-electron chi connectivity index (χ0n) is 53.7. The van der Waals surface area contributed by atoms with Gasteiger partial charge in [-0.25, -0.2) is 24.9 Å². The molecule has 0 spiro atoms. The first-order valence-electron chi connectivity index (χ1n) is 34.0. The van der Waals surface area contributed by atoms with Crippen LogP contribution in [0.25, 0.3) is 126 Å². The number of fused-ring (bicyclic) bond motifs is 16. The van der Waals surface area contributed by atoms with Crippen molar-refractivity contribution in [3.63, 3.8) is 0 Å². The molecule has 0 saturated heterocycles. The number of nitrogens with one attached hydrogen (secondary N) is 4. The molecule has 12 rings (SSSR count). The Kier molecular flexibility index (Phi) is 19.7. The maximum atomic E-state index is 11.6. The second kappa shape index (κ2) is 28.8. The van der Waals surface area contributed by atoms with Crippen molar-refractivity contribution in [2.75, 3.05) is 0 Å². The monoisotopic (exact) mass is 1200 g/mol. The summed E-state index contributed by atoms with van der Waals surface area (Å²) in [5.74, 6) is 0.990. The van der Waals surface area contributed by atoms with E-state index in [0.29, 0.717) is 16.8 Å². The van der Waals surface area contributed by atoms with Gasteiger partial charge in [0.2, 0.25) is 0 Å². The van der Waals surface area contributed by atoms with Crippen LogP contribution in [0.1, 0.15) is 224 Å². The van der Waals surface area contributed by atoms with E-state index in [1.54, 1.807) is 12.1 Å². The van der Waals surface area contributed by atoms with Crippen molar-refractivity contribution in [1.29, 1.82) is 0 Å². The second-order valence-corrected chi connectivity index (χ2v) is 25.1. The Labute approximate surface area is 530 Å². The number of imidazole rings is 1. The standard InChI is InChI=1S/C78H90N10O2/c1-6-10-14-18-22-26-52-57-31-39-65(80-57)74(56-50-51(89)30-47-73(56)90)66-40-32-58(81-66)53(27-23-19-15-11-7-2)60-34-42-68(83-60)75(67-41-33-59(52)82-67)76-69-43-35-61(84-69)54(28-24-20-16-12-8-3)63-37-45-71(86-63)77(78-79-48-49-88(78)5)72-46-38-64(87-72)55(29-25-21-17-13-9-4)62-36-44-70(76)85-62/h30-50,80,83-84,87,89-90H,6-29H2,1-5H3. The van der Waals surface area contributed by atoms with Crippen LogP contribution in [0.2, 0.25) is 0 Å². The van der Waals surface area contributed by atoms with Crippen LogP contribution in [0.3, 0.4) is 0 Å². The Morgan fingerprint density at radius 1 is 0.344 bits per heavy atom. The van der Waals surface area contributed by atoms with Gasteiger partial charge in [-0.3, -0.25) is 0 Å². The Morgan fingerprint density at radius 3 is 1.01 bits per heavy atom. The normalized spacial score (nSPS) is 12.6. The van der Waals surface area contributed by atoms with Gasteiger partial charge in [-0.05, 0) is 167 Å². The molecule has 6 N–H and O–H groups in total. The van der Waals surface area contributed by atoms with E-state index < -0.39 is 0 Å². The topological polar surface area (TPSA) is 173 Å². The molecule has 7 aromatic heterocycles. The summed E-state index contributed by atoms with van der Waals surface area (Å²) in [6.45, 7) is 9.08. The molecular weight excluding hydrogens is 1110 g/mol. The smallest absolute Gasteiger partial charge is 0.143 e. The summed E-state index contributed by atoms with van der Waals surface area (Å²) in [5, 5.41) is 22.6. The highest BCUT2D eigenvalue weighted by atomic mass is 16.3. The van der Waals surface area contributed by atoms with E-state index in [1.807, 2.05) is 12.4 Å². The Bertz CT molecular complexity index is 4360. The molecule has 0 fully saturated rings. The highest BCUT2D eigenvalue weighted by Gasteiger charge is 2.24. The number of unbranched alkanes of at least 4 members (excludes halogenated alkanes) is 16. The van der Waals surface area contributed by atoms with Crippen LogP contribution in [0.5, 0.6) is 11.5 Å². The minimum Gasteiger partial charge on any atom is -0.508 e. The number of aromatic amines is 4. The fourth-order valence-electron chi connectivity index (χ4n) is 13.7. The number of hydrogen-bond donors (Lipinski definition) is 6. The quantitative estimate of drug-likeness (QED) is 0.0220. The van der Waals surface area contributed by atoms with Crippen molar-refractivity contribution in [2.45, 2.75) is 182 Å². The van der Waals surface area contributed by atoms with Gasteiger partial charge in [0.15, 0.2) is 0 Å². The van der Waals surface area contributed by atoms with Crippen LogP contribution < -0.4 is 0 Å². The molecule has 90 heavy (non-hydrogen) atoms. The van der Waals surface area contributed by atoms with Gasteiger partial charge in [0.1, 0.15) is 17.3 Å². The van der Waals surface area contributed by atoms with Crippen LogP contribution in [0.15, 0.2) is 79.1 Å². The predicted octanol–water partition coefficient (Wildman–Crippen LogP) is 20.8. The average molecular weight is 1200 g/mol. The molecule has 8 aromatic rings. The van der Waals surface area contributed by atoms with Crippen molar-refractivity contribution in [2.24, 2.45) is 7.05 Å². The molecule has 0 atom stereocenters. The fourth-order valence-corrected chi connectivity index (χ4v) is 13.7. The molecule has 11 heterocycles. The summed E-state index contributed by atoms with van der Waals surface area (Å²) in [5.41, 5.74) is 23.3. The minimum atomic E-state index is 0.0662. The number of H-pyrrole nitrogens is 4. The summed E-state index contributed by atoms with van der Waals surface area (Å²) in [7, 11) is 2.06. The van der Waals surface area contributed by atoms with Gasteiger partial charge >= 0.3 is 0 Å². The molecule has 0 unspecified atom stereocenters.